The van der Waals surface area contributed by atoms with E-state index in [2.05, 4.69) is 10.0 Å². The van der Waals surface area contributed by atoms with E-state index >= 15 is 0 Å². The maximum atomic E-state index is 12.7. The number of fused-ring (bicyclic) bond motifs is 3. The Bertz CT molecular complexity index is 1140. The zero-order valence-electron chi connectivity index (χ0n) is 18.9. The molecule has 3 N–H and O–H groups in total. The fourth-order valence-electron chi connectivity index (χ4n) is 3.93. The third-order valence-electron chi connectivity index (χ3n) is 5.50. The van der Waals surface area contributed by atoms with Gasteiger partial charge in [-0.15, -0.1) is 0 Å². The van der Waals surface area contributed by atoms with Gasteiger partial charge in [-0.25, -0.2) is 17.9 Å². The predicted molar refractivity (Wildman–Crippen MR) is 125 cm³/mol. The molecule has 0 radical (unpaired) electrons. The van der Waals surface area contributed by atoms with Gasteiger partial charge >= 0.3 is 12.1 Å². The molecule has 11 heteroatoms. The molecule has 34 heavy (non-hydrogen) atoms. The summed E-state index contributed by atoms with van der Waals surface area (Å²) >= 11 is 0. The molecule has 182 valence electrons. The number of carboxylic acid groups (broad SMARTS) is 1. The Morgan fingerprint density at radius 2 is 1.62 bits per heavy atom. The molecular formula is C23H27N3O7S. The summed E-state index contributed by atoms with van der Waals surface area (Å²) in [5.41, 5.74) is 4.17. The number of nitrogens with one attached hydrogen (secondary N) is 2. The zero-order valence-corrected chi connectivity index (χ0v) is 19.7. The first-order valence-corrected chi connectivity index (χ1v) is 12.5. The van der Waals surface area contributed by atoms with Gasteiger partial charge < -0.3 is 20.1 Å². The van der Waals surface area contributed by atoms with E-state index in [-0.39, 0.29) is 25.6 Å². The number of alkyl carbamates (subject to hydrolysis) is 1. The van der Waals surface area contributed by atoms with E-state index < -0.39 is 40.5 Å². The molecule has 1 aliphatic rings. The first-order valence-electron chi connectivity index (χ1n) is 10.6. The van der Waals surface area contributed by atoms with Gasteiger partial charge in [-0.1, -0.05) is 48.5 Å². The Morgan fingerprint density at radius 3 is 2.15 bits per heavy atom. The minimum atomic E-state index is -3.43. The third-order valence-corrected chi connectivity index (χ3v) is 6.23. The van der Waals surface area contributed by atoms with Gasteiger partial charge in [-0.05, 0) is 22.3 Å². The number of carboxylic acids is 1. The molecule has 1 aliphatic carbocycles. The number of ether oxygens (including phenoxy) is 1. The van der Waals surface area contributed by atoms with Crippen molar-refractivity contribution >= 4 is 28.0 Å². The van der Waals surface area contributed by atoms with E-state index in [1.54, 1.807) is 0 Å². The smallest absolute Gasteiger partial charge is 0.407 e. The fraction of sp³-hybridized carbons (Fsp3) is 0.348. The maximum Gasteiger partial charge on any atom is 0.407 e. The van der Waals surface area contributed by atoms with Crippen LogP contribution in [-0.4, -0.2) is 75.4 Å². The Balaban J connectivity index is 1.63. The number of nitrogens with zero attached hydrogens (tertiary/aromatic N) is 1. The van der Waals surface area contributed by atoms with E-state index in [0.717, 1.165) is 33.4 Å². The molecule has 0 aromatic heterocycles. The topological polar surface area (TPSA) is 142 Å². The summed E-state index contributed by atoms with van der Waals surface area (Å²) in [6.07, 6.45) is -0.572. The summed E-state index contributed by atoms with van der Waals surface area (Å²) in [6, 6.07) is 14.3. The van der Waals surface area contributed by atoms with Crippen LogP contribution < -0.4 is 10.0 Å². The summed E-state index contributed by atoms with van der Waals surface area (Å²) in [4.78, 5) is 37.6. The molecule has 0 saturated heterocycles. The van der Waals surface area contributed by atoms with Crippen molar-refractivity contribution in [3.05, 3.63) is 59.7 Å². The normalized spacial score (nSPS) is 13.5. The van der Waals surface area contributed by atoms with Crippen LogP contribution in [0.2, 0.25) is 0 Å². The average molecular weight is 490 g/mol. The van der Waals surface area contributed by atoms with Crippen molar-refractivity contribution in [3.8, 4) is 11.1 Å². The fourth-order valence-corrected chi connectivity index (χ4v) is 4.39. The Morgan fingerprint density at radius 1 is 1.06 bits per heavy atom. The molecule has 0 bridgehead atoms. The number of carbonyl (C=O) groups excluding carboxylic acids is 2. The van der Waals surface area contributed by atoms with Crippen molar-refractivity contribution in [2.45, 2.75) is 18.4 Å². The van der Waals surface area contributed by atoms with Crippen LogP contribution in [0, 0.1) is 0 Å². The van der Waals surface area contributed by atoms with Gasteiger partial charge in [0.15, 0.2) is 0 Å². The molecule has 2 aromatic carbocycles. The molecule has 2 amide bonds. The van der Waals surface area contributed by atoms with E-state index in [0.29, 0.717) is 0 Å². The molecule has 2 aromatic rings. The highest BCUT2D eigenvalue weighted by Crippen LogP contribution is 2.44. The number of amides is 2. The Kier molecular flexibility index (Phi) is 7.90. The second-order valence-corrected chi connectivity index (χ2v) is 9.88. The van der Waals surface area contributed by atoms with Crippen LogP contribution in [-0.2, 0) is 24.3 Å². The quantitative estimate of drug-likeness (QED) is 0.458. The lowest BCUT2D eigenvalue weighted by molar-refractivity contribution is -0.142. The SMILES string of the molecule is CN(CCNS(C)(=O)=O)C(=O)C(CC(=O)O)NC(=O)OCC1c2ccccc2-c2ccccc21. The largest absolute Gasteiger partial charge is 0.481 e. The van der Waals surface area contributed by atoms with Gasteiger partial charge in [0.2, 0.25) is 15.9 Å². The monoisotopic (exact) mass is 489 g/mol. The van der Waals surface area contributed by atoms with E-state index in [1.165, 1.54) is 7.05 Å². The minimum absolute atomic E-state index is 0.00556. The molecule has 1 unspecified atom stereocenters. The van der Waals surface area contributed by atoms with Gasteiger partial charge in [-0.2, -0.15) is 0 Å². The molecule has 0 aliphatic heterocycles. The lowest BCUT2D eigenvalue weighted by Crippen LogP contribution is -2.50. The molecule has 10 nitrogen and oxygen atoms in total. The van der Waals surface area contributed by atoms with Gasteiger partial charge in [-0.3, -0.25) is 9.59 Å². The van der Waals surface area contributed by atoms with Crippen LogP contribution in [0.3, 0.4) is 0 Å². The molecule has 1 atom stereocenters. The summed E-state index contributed by atoms with van der Waals surface area (Å²) in [5.74, 6) is -2.14. The second-order valence-electron chi connectivity index (χ2n) is 8.05. The number of hydrogen-bond acceptors (Lipinski definition) is 6. The first-order chi connectivity index (χ1) is 16.1. The van der Waals surface area contributed by atoms with Crippen LogP contribution in [0.1, 0.15) is 23.5 Å². The third kappa shape index (κ3) is 6.33. The van der Waals surface area contributed by atoms with Crippen LogP contribution in [0.5, 0.6) is 0 Å². The number of hydrogen-bond donors (Lipinski definition) is 3. The van der Waals surface area contributed by atoms with Crippen molar-refractivity contribution in [2.24, 2.45) is 0 Å². The molecule has 0 fully saturated rings. The zero-order chi connectivity index (χ0) is 24.9. The number of aliphatic carboxylic acids is 1. The van der Waals surface area contributed by atoms with Crippen molar-refractivity contribution in [1.29, 1.82) is 0 Å². The van der Waals surface area contributed by atoms with Gasteiger partial charge in [0.1, 0.15) is 12.6 Å². The number of carbonyl (C=O) groups is 3. The van der Waals surface area contributed by atoms with Crippen LogP contribution in [0.25, 0.3) is 11.1 Å². The highest BCUT2D eigenvalue weighted by molar-refractivity contribution is 7.88. The lowest BCUT2D eigenvalue weighted by Gasteiger charge is -2.24. The summed E-state index contributed by atoms with van der Waals surface area (Å²) in [5, 5.41) is 11.5. The van der Waals surface area contributed by atoms with E-state index in [9.17, 15) is 27.9 Å². The second kappa shape index (κ2) is 10.7. The standard InChI is InChI=1S/C23H27N3O7S/c1-26(12-11-24-34(2,31)32)22(29)20(13-21(27)28)25-23(30)33-14-19-17-9-5-3-7-15(17)16-8-4-6-10-18(16)19/h3-10,19-20,24H,11-14H2,1-2H3,(H,25,30)(H,27,28). The summed E-state index contributed by atoms with van der Waals surface area (Å²) < 4.78 is 30.0. The minimum Gasteiger partial charge on any atom is -0.481 e. The van der Waals surface area contributed by atoms with Crippen LogP contribution in [0.15, 0.2) is 48.5 Å². The van der Waals surface area contributed by atoms with Gasteiger partial charge in [0, 0.05) is 26.1 Å². The molecule has 3 rings (SSSR count). The van der Waals surface area contributed by atoms with Crippen molar-refractivity contribution in [3.63, 3.8) is 0 Å². The number of benzene rings is 2. The van der Waals surface area contributed by atoms with Crippen molar-refractivity contribution in [1.82, 2.24) is 14.9 Å². The molecule has 0 saturated carbocycles. The summed E-state index contributed by atoms with van der Waals surface area (Å²) in [7, 11) is -2.04. The summed E-state index contributed by atoms with van der Waals surface area (Å²) in [6.45, 7) is -0.0395. The maximum absolute atomic E-state index is 12.7. The van der Waals surface area contributed by atoms with Gasteiger partial charge in [0.05, 0.1) is 12.7 Å². The van der Waals surface area contributed by atoms with Crippen molar-refractivity contribution < 1.29 is 32.6 Å². The van der Waals surface area contributed by atoms with Crippen LogP contribution >= 0.6 is 0 Å². The number of likely N-dealkylation sites (N-methyl/N-ethyl adjacent to an activating group) is 1. The molecular weight excluding hydrogens is 462 g/mol. The van der Waals surface area contributed by atoms with E-state index in [4.69, 9.17) is 4.74 Å². The first kappa shape index (κ1) is 25.2. The number of rotatable bonds is 10. The Labute approximate surface area is 198 Å². The van der Waals surface area contributed by atoms with E-state index in [1.807, 2.05) is 48.5 Å². The highest BCUT2D eigenvalue weighted by Gasteiger charge is 2.31. The number of sulfonamides is 1. The Hall–Kier alpha value is -3.44. The van der Waals surface area contributed by atoms with Gasteiger partial charge in [0.25, 0.3) is 0 Å². The predicted octanol–water partition coefficient (Wildman–Crippen LogP) is 1.38. The highest BCUT2D eigenvalue weighted by atomic mass is 32.2. The molecule has 0 spiro atoms. The average Bonchev–Trinajstić information content (AvgIpc) is 3.09. The van der Waals surface area contributed by atoms with Crippen molar-refractivity contribution in [2.75, 3.05) is 33.0 Å². The van der Waals surface area contributed by atoms with Crippen LogP contribution in [0.4, 0.5) is 4.79 Å². The molecule has 0 heterocycles. The lowest BCUT2D eigenvalue weighted by atomic mass is 9.98.